The van der Waals surface area contributed by atoms with Crippen molar-refractivity contribution in [2.75, 3.05) is 28.4 Å². The quantitative estimate of drug-likeness (QED) is 0.571. The summed E-state index contributed by atoms with van der Waals surface area (Å²) >= 11 is 0. The van der Waals surface area contributed by atoms with E-state index in [1.807, 2.05) is 38.1 Å². The van der Waals surface area contributed by atoms with Gasteiger partial charge >= 0.3 is 0 Å². The number of rotatable bonds is 7. The summed E-state index contributed by atoms with van der Waals surface area (Å²) in [7, 11) is 6.71. The zero-order chi connectivity index (χ0) is 21.9. The number of allylic oxidation sites excluding steroid dienone is 2. The van der Waals surface area contributed by atoms with Crippen LogP contribution in [0.15, 0.2) is 54.1 Å². The summed E-state index contributed by atoms with van der Waals surface area (Å²) in [5.74, 6) is -0.300. The van der Waals surface area contributed by atoms with Gasteiger partial charge in [-0.25, -0.2) is 0 Å². The van der Waals surface area contributed by atoms with Crippen molar-refractivity contribution in [1.29, 1.82) is 0 Å². The minimum Gasteiger partial charge on any atom is -0.496 e. The summed E-state index contributed by atoms with van der Waals surface area (Å²) in [5.41, 5.74) is 5.03. The van der Waals surface area contributed by atoms with Crippen LogP contribution < -0.4 is 4.74 Å². The van der Waals surface area contributed by atoms with Gasteiger partial charge in [0.2, 0.25) is 5.79 Å². The molecule has 0 heterocycles. The molecule has 30 heavy (non-hydrogen) atoms. The Labute approximate surface area is 180 Å². The van der Waals surface area contributed by atoms with Gasteiger partial charge in [0.1, 0.15) is 11.4 Å². The maximum Gasteiger partial charge on any atom is 0.229 e. The lowest BCUT2D eigenvalue weighted by molar-refractivity contribution is -0.255. The third-order valence-corrected chi connectivity index (χ3v) is 6.14. The Balaban J connectivity index is 2.44. The van der Waals surface area contributed by atoms with Gasteiger partial charge in [0.15, 0.2) is 0 Å². The Morgan fingerprint density at radius 1 is 0.867 bits per heavy atom. The fourth-order valence-corrected chi connectivity index (χ4v) is 4.48. The Morgan fingerprint density at radius 3 is 2.03 bits per heavy atom. The van der Waals surface area contributed by atoms with E-state index in [1.54, 1.807) is 28.4 Å². The van der Waals surface area contributed by atoms with Gasteiger partial charge in [0, 0.05) is 26.9 Å². The molecule has 0 aliphatic heterocycles. The third-order valence-electron chi connectivity index (χ3n) is 6.14. The molecule has 159 valence electrons. The lowest BCUT2D eigenvalue weighted by Crippen LogP contribution is -2.59. The van der Waals surface area contributed by atoms with Crippen molar-refractivity contribution in [2.45, 2.75) is 38.6 Å². The van der Waals surface area contributed by atoms with Crippen molar-refractivity contribution < 1.29 is 18.9 Å². The van der Waals surface area contributed by atoms with E-state index in [2.05, 4.69) is 37.3 Å². The zero-order valence-corrected chi connectivity index (χ0v) is 19.0. The van der Waals surface area contributed by atoms with Crippen molar-refractivity contribution in [1.82, 2.24) is 0 Å². The van der Waals surface area contributed by atoms with Gasteiger partial charge in [0.25, 0.3) is 0 Å². The molecule has 0 fully saturated rings. The number of hydrogen-bond donors (Lipinski definition) is 0. The Hall–Kier alpha value is -2.40. The first-order valence-corrected chi connectivity index (χ1v) is 10.2. The number of ether oxygens (including phenoxy) is 4. The van der Waals surface area contributed by atoms with E-state index in [4.69, 9.17) is 18.9 Å². The van der Waals surface area contributed by atoms with Gasteiger partial charge in [-0.1, -0.05) is 43.3 Å². The minimum absolute atomic E-state index is 0.750. The van der Waals surface area contributed by atoms with E-state index in [1.165, 1.54) is 0 Å². The second-order valence-electron chi connectivity index (χ2n) is 7.52. The molecular formula is C26H31O4. The third kappa shape index (κ3) is 3.29. The standard InChI is InChI=1S/C26H31O4/c1-8-21-17-22(20-14-15-23(27-4)18(2)16-20)24(19-12-10-9-11-13-19)26(29-6,30-7)25(21,3)28-5/h9-16H,8H2,1-7H3. The molecule has 0 amide bonds. The predicted octanol–water partition coefficient (Wildman–Crippen LogP) is 5.46. The van der Waals surface area contributed by atoms with E-state index in [-0.39, 0.29) is 0 Å². The van der Waals surface area contributed by atoms with Crippen molar-refractivity contribution in [3.63, 3.8) is 0 Å². The smallest absolute Gasteiger partial charge is 0.229 e. The molecule has 4 heteroatoms. The minimum atomic E-state index is -1.15. The molecule has 2 aromatic carbocycles. The first-order chi connectivity index (χ1) is 14.4. The largest absolute Gasteiger partial charge is 0.496 e. The SMILES string of the molecule is CCC1=[C]C(c2ccc(OC)c(C)c2)=C(c2ccccc2)C(OC)(OC)C1(C)OC. The molecule has 1 unspecified atom stereocenters. The summed E-state index contributed by atoms with van der Waals surface area (Å²) in [6, 6.07) is 16.3. The molecule has 4 nitrogen and oxygen atoms in total. The summed E-state index contributed by atoms with van der Waals surface area (Å²) in [5, 5.41) is 0. The topological polar surface area (TPSA) is 36.9 Å². The van der Waals surface area contributed by atoms with Gasteiger partial charge in [-0.15, -0.1) is 0 Å². The van der Waals surface area contributed by atoms with Gasteiger partial charge in [0.05, 0.1) is 7.11 Å². The van der Waals surface area contributed by atoms with Crippen LogP contribution in [-0.2, 0) is 14.2 Å². The second kappa shape index (κ2) is 8.76. The highest BCUT2D eigenvalue weighted by molar-refractivity contribution is 5.99. The summed E-state index contributed by atoms with van der Waals surface area (Å²) in [6.07, 6.45) is 4.42. The van der Waals surface area contributed by atoms with E-state index in [0.29, 0.717) is 0 Å². The molecule has 0 N–H and O–H groups in total. The van der Waals surface area contributed by atoms with E-state index < -0.39 is 11.4 Å². The second-order valence-corrected chi connectivity index (χ2v) is 7.52. The molecule has 1 aliphatic rings. The Bertz CT molecular complexity index is 954. The average Bonchev–Trinajstić information content (AvgIpc) is 2.79. The van der Waals surface area contributed by atoms with Gasteiger partial charge in [-0.3, -0.25) is 0 Å². The van der Waals surface area contributed by atoms with E-state index in [9.17, 15) is 0 Å². The molecular weight excluding hydrogens is 376 g/mol. The van der Waals surface area contributed by atoms with E-state index in [0.717, 1.165) is 45.6 Å². The lowest BCUT2D eigenvalue weighted by Gasteiger charge is -2.50. The van der Waals surface area contributed by atoms with Crippen LogP contribution in [0.3, 0.4) is 0 Å². The van der Waals surface area contributed by atoms with Crippen molar-refractivity contribution in [3.8, 4) is 5.75 Å². The van der Waals surface area contributed by atoms with Crippen LogP contribution in [0.4, 0.5) is 0 Å². The predicted molar refractivity (Wildman–Crippen MR) is 120 cm³/mol. The van der Waals surface area contributed by atoms with Gasteiger partial charge in [-0.2, -0.15) is 0 Å². The Morgan fingerprint density at radius 2 is 1.53 bits per heavy atom. The number of methoxy groups -OCH3 is 4. The summed E-state index contributed by atoms with van der Waals surface area (Å²) < 4.78 is 23.9. The summed E-state index contributed by atoms with van der Waals surface area (Å²) in [6.45, 7) is 6.14. The number of aryl methyl sites for hydroxylation is 1. The number of benzene rings is 2. The normalized spacial score (nSPS) is 20.8. The molecule has 0 spiro atoms. The van der Waals surface area contributed by atoms with Gasteiger partial charge in [-0.05, 0) is 66.3 Å². The first-order valence-electron chi connectivity index (χ1n) is 10.2. The van der Waals surface area contributed by atoms with Crippen LogP contribution in [0.1, 0.15) is 37.0 Å². The number of hydrogen-bond acceptors (Lipinski definition) is 4. The highest BCUT2D eigenvalue weighted by Crippen LogP contribution is 2.52. The van der Waals surface area contributed by atoms with Gasteiger partial charge < -0.3 is 18.9 Å². The molecule has 0 saturated heterocycles. The molecule has 0 aromatic heterocycles. The molecule has 3 rings (SSSR count). The fraction of sp³-hybridized carbons (Fsp3) is 0.385. The monoisotopic (exact) mass is 407 g/mol. The molecule has 0 bridgehead atoms. The maximum atomic E-state index is 6.17. The average molecular weight is 408 g/mol. The molecule has 0 saturated carbocycles. The van der Waals surface area contributed by atoms with Crippen LogP contribution in [0.2, 0.25) is 0 Å². The fourth-order valence-electron chi connectivity index (χ4n) is 4.48. The van der Waals surface area contributed by atoms with Crippen molar-refractivity contribution in [2.24, 2.45) is 0 Å². The molecule has 1 atom stereocenters. The van der Waals surface area contributed by atoms with Crippen LogP contribution in [0.25, 0.3) is 11.1 Å². The van der Waals surface area contributed by atoms with Crippen LogP contribution in [0, 0.1) is 13.0 Å². The van der Waals surface area contributed by atoms with Crippen LogP contribution in [0.5, 0.6) is 5.75 Å². The van der Waals surface area contributed by atoms with E-state index >= 15 is 0 Å². The van der Waals surface area contributed by atoms with Crippen molar-refractivity contribution >= 4 is 11.1 Å². The zero-order valence-electron chi connectivity index (χ0n) is 19.0. The lowest BCUT2D eigenvalue weighted by atomic mass is 9.71. The van der Waals surface area contributed by atoms with Crippen LogP contribution >= 0.6 is 0 Å². The molecule has 1 aliphatic carbocycles. The van der Waals surface area contributed by atoms with Crippen molar-refractivity contribution in [3.05, 3.63) is 76.9 Å². The summed E-state index contributed by atoms with van der Waals surface area (Å²) in [4.78, 5) is 0. The Kier molecular flexibility index (Phi) is 6.51. The first kappa shape index (κ1) is 22.3. The molecule has 1 radical (unpaired) electrons. The van der Waals surface area contributed by atoms with Crippen LogP contribution in [-0.4, -0.2) is 39.8 Å². The molecule has 2 aromatic rings. The highest BCUT2D eigenvalue weighted by Gasteiger charge is 2.58. The maximum absolute atomic E-state index is 6.17. The highest BCUT2D eigenvalue weighted by atomic mass is 16.7.